The van der Waals surface area contributed by atoms with Crippen LogP contribution in [0.5, 0.6) is 5.75 Å². The summed E-state index contributed by atoms with van der Waals surface area (Å²) in [6.45, 7) is -1.78. The van der Waals surface area contributed by atoms with E-state index >= 15 is 0 Å². The number of fused-ring (bicyclic) bond motifs is 1. The van der Waals surface area contributed by atoms with E-state index in [2.05, 4.69) is 10.1 Å². The summed E-state index contributed by atoms with van der Waals surface area (Å²) in [6.07, 6.45) is -8.83. The van der Waals surface area contributed by atoms with Gasteiger partial charge in [-0.25, -0.2) is 8.78 Å². The largest absolute Gasteiger partial charge is 0.485 e. The molecule has 3 aromatic carbocycles. The lowest BCUT2D eigenvalue weighted by Gasteiger charge is -2.19. The van der Waals surface area contributed by atoms with Crippen LogP contribution in [-0.4, -0.2) is 24.9 Å². The summed E-state index contributed by atoms with van der Waals surface area (Å²) in [4.78, 5) is 12.7. The predicted molar refractivity (Wildman–Crippen MR) is 99.8 cm³/mol. The molecule has 3 aromatic rings. The minimum atomic E-state index is -4.80. The van der Waals surface area contributed by atoms with Crippen LogP contribution >= 0.6 is 0 Å². The number of alkyl halides is 7. The molecule has 0 atom stereocenters. The molecule has 0 saturated heterocycles. The van der Waals surface area contributed by atoms with Crippen LogP contribution in [0.15, 0.2) is 60.7 Å². The molecule has 0 aliphatic heterocycles. The third-order valence-corrected chi connectivity index (χ3v) is 4.33. The maximum absolute atomic E-state index is 13.2. The van der Waals surface area contributed by atoms with Gasteiger partial charge in [0, 0.05) is 5.56 Å². The van der Waals surface area contributed by atoms with Gasteiger partial charge < -0.3 is 10.1 Å². The van der Waals surface area contributed by atoms with E-state index in [9.17, 15) is 35.5 Å². The van der Waals surface area contributed by atoms with Crippen molar-refractivity contribution in [1.82, 2.24) is 0 Å². The normalized spacial score (nSPS) is 12.3. The summed E-state index contributed by atoms with van der Waals surface area (Å²) >= 11 is 0. The highest BCUT2D eigenvalue weighted by Crippen LogP contribution is 2.36. The molecule has 0 spiro atoms. The average molecular weight is 445 g/mol. The van der Waals surface area contributed by atoms with Gasteiger partial charge in [-0.05, 0) is 35.0 Å². The fraction of sp³-hybridized carbons (Fsp3) is 0.190. The van der Waals surface area contributed by atoms with Crippen LogP contribution < -0.4 is 10.1 Å². The minimum absolute atomic E-state index is 0.111. The molecule has 3 nitrogen and oxygen atoms in total. The number of rotatable bonds is 6. The zero-order chi connectivity index (χ0) is 22.8. The topological polar surface area (TPSA) is 38.3 Å². The van der Waals surface area contributed by atoms with Gasteiger partial charge in [0.2, 0.25) is 0 Å². The van der Waals surface area contributed by atoms with Crippen LogP contribution in [0.4, 0.5) is 36.4 Å². The van der Waals surface area contributed by atoms with E-state index in [0.29, 0.717) is 29.0 Å². The third-order valence-electron chi connectivity index (χ3n) is 4.33. The molecule has 0 aliphatic rings. The molecule has 1 N–H and O–H groups in total. The van der Waals surface area contributed by atoms with E-state index in [-0.39, 0.29) is 5.56 Å². The first-order chi connectivity index (χ1) is 14.5. The number of hydrogen-bond donors (Lipinski definition) is 1. The van der Waals surface area contributed by atoms with Crippen molar-refractivity contribution in [3.8, 4) is 5.75 Å². The van der Waals surface area contributed by atoms with E-state index in [1.165, 1.54) is 6.07 Å². The number of benzene rings is 3. The second kappa shape index (κ2) is 8.44. The maximum Gasteiger partial charge on any atom is 0.416 e. The Hall–Kier alpha value is -3.30. The Morgan fingerprint density at radius 1 is 0.935 bits per heavy atom. The zero-order valence-electron chi connectivity index (χ0n) is 15.5. The van der Waals surface area contributed by atoms with E-state index in [0.717, 1.165) is 0 Å². The van der Waals surface area contributed by atoms with Gasteiger partial charge in [-0.15, -0.1) is 0 Å². The average Bonchev–Trinajstić information content (AvgIpc) is 2.71. The monoisotopic (exact) mass is 445 g/mol. The first-order valence-corrected chi connectivity index (χ1v) is 8.78. The van der Waals surface area contributed by atoms with Crippen molar-refractivity contribution >= 4 is 22.4 Å². The summed E-state index contributed by atoms with van der Waals surface area (Å²) in [6, 6.07) is 13.1. The lowest BCUT2D eigenvalue weighted by atomic mass is 10.0. The number of anilines is 1. The minimum Gasteiger partial charge on any atom is -0.485 e. The molecule has 0 heterocycles. The standard InChI is InChI=1S/C21H14F7NO2/c22-19(23)20(24,25)11-31-17-9-8-13(21(26,27)28)10-16(17)29-18(30)15-7-3-5-12-4-1-2-6-14(12)15/h1-10,19H,11H2,(H,29,30). The number of amides is 1. The van der Waals surface area contributed by atoms with Gasteiger partial charge in [0.05, 0.1) is 11.3 Å². The molecule has 0 bridgehead atoms. The summed E-state index contributed by atoms with van der Waals surface area (Å²) in [7, 11) is 0. The summed E-state index contributed by atoms with van der Waals surface area (Å²) in [5, 5.41) is 3.39. The van der Waals surface area contributed by atoms with Crippen molar-refractivity contribution < 1.29 is 40.3 Å². The molecule has 31 heavy (non-hydrogen) atoms. The molecule has 0 saturated carbocycles. The van der Waals surface area contributed by atoms with Crippen molar-refractivity contribution in [3.63, 3.8) is 0 Å². The van der Waals surface area contributed by atoms with Gasteiger partial charge in [-0.3, -0.25) is 4.79 Å². The molecule has 1 amide bonds. The van der Waals surface area contributed by atoms with Gasteiger partial charge in [-0.2, -0.15) is 22.0 Å². The molecule has 0 radical (unpaired) electrons. The maximum atomic E-state index is 13.2. The molecular weight excluding hydrogens is 431 g/mol. The molecule has 3 rings (SSSR count). The smallest absolute Gasteiger partial charge is 0.416 e. The highest BCUT2D eigenvalue weighted by atomic mass is 19.4. The number of hydrogen-bond acceptors (Lipinski definition) is 2. The van der Waals surface area contributed by atoms with Crippen LogP contribution in [0.1, 0.15) is 15.9 Å². The summed E-state index contributed by atoms with van der Waals surface area (Å²) in [5.74, 6) is -5.97. The summed E-state index contributed by atoms with van der Waals surface area (Å²) in [5.41, 5.74) is -1.66. The van der Waals surface area contributed by atoms with Crippen LogP contribution in [0.25, 0.3) is 10.8 Å². The van der Waals surface area contributed by atoms with Gasteiger partial charge in [0.25, 0.3) is 5.91 Å². The Kier molecular flexibility index (Phi) is 6.10. The molecule has 164 valence electrons. The van der Waals surface area contributed by atoms with Gasteiger partial charge >= 0.3 is 18.5 Å². The van der Waals surface area contributed by atoms with Crippen molar-refractivity contribution in [2.24, 2.45) is 0 Å². The zero-order valence-corrected chi connectivity index (χ0v) is 15.5. The predicted octanol–water partition coefficient (Wildman–Crippen LogP) is 6.39. The second-order valence-electron chi connectivity index (χ2n) is 6.54. The fourth-order valence-electron chi connectivity index (χ4n) is 2.78. The Labute approximate surface area is 171 Å². The van der Waals surface area contributed by atoms with Crippen molar-refractivity contribution in [1.29, 1.82) is 0 Å². The molecular formula is C21H14F7NO2. The fourth-order valence-corrected chi connectivity index (χ4v) is 2.78. The van der Waals surface area contributed by atoms with E-state index in [1.807, 2.05) is 0 Å². The summed E-state index contributed by atoms with van der Waals surface area (Å²) < 4.78 is 95.0. The highest BCUT2D eigenvalue weighted by Gasteiger charge is 2.42. The van der Waals surface area contributed by atoms with Gasteiger partial charge in [0.15, 0.2) is 6.61 Å². The van der Waals surface area contributed by atoms with Crippen molar-refractivity contribution in [2.75, 3.05) is 11.9 Å². The Morgan fingerprint density at radius 2 is 1.61 bits per heavy atom. The number of carbonyl (C=O) groups excluding carboxylic acids is 1. The second-order valence-corrected chi connectivity index (χ2v) is 6.54. The highest BCUT2D eigenvalue weighted by molar-refractivity contribution is 6.13. The number of nitrogens with one attached hydrogen (secondary N) is 1. The van der Waals surface area contributed by atoms with E-state index < -0.39 is 48.0 Å². The van der Waals surface area contributed by atoms with Crippen molar-refractivity contribution in [2.45, 2.75) is 18.5 Å². The van der Waals surface area contributed by atoms with E-state index in [1.54, 1.807) is 36.4 Å². The van der Waals surface area contributed by atoms with Crippen LogP contribution in [0, 0.1) is 0 Å². The molecule has 0 aromatic heterocycles. The Morgan fingerprint density at radius 3 is 2.29 bits per heavy atom. The molecule has 0 fully saturated rings. The lowest BCUT2D eigenvalue weighted by Crippen LogP contribution is -2.34. The Balaban J connectivity index is 1.96. The first-order valence-electron chi connectivity index (χ1n) is 8.78. The van der Waals surface area contributed by atoms with E-state index in [4.69, 9.17) is 0 Å². The number of carbonyl (C=O) groups is 1. The van der Waals surface area contributed by atoms with Crippen molar-refractivity contribution in [3.05, 3.63) is 71.8 Å². The van der Waals surface area contributed by atoms with Crippen LogP contribution in [0.2, 0.25) is 0 Å². The first kappa shape index (κ1) is 22.4. The lowest BCUT2D eigenvalue weighted by molar-refractivity contribution is -0.148. The quantitative estimate of drug-likeness (QED) is 0.447. The van der Waals surface area contributed by atoms with Crippen LogP contribution in [0.3, 0.4) is 0 Å². The van der Waals surface area contributed by atoms with Gasteiger partial charge in [-0.1, -0.05) is 36.4 Å². The Bertz CT molecular complexity index is 1090. The number of halogens is 7. The molecule has 10 heteroatoms. The molecule has 0 unspecified atom stereocenters. The van der Waals surface area contributed by atoms with Crippen LogP contribution in [-0.2, 0) is 6.18 Å². The third kappa shape index (κ3) is 5.07. The number of ether oxygens (including phenoxy) is 1. The van der Waals surface area contributed by atoms with Gasteiger partial charge in [0.1, 0.15) is 5.75 Å². The molecule has 0 aliphatic carbocycles. The SMILES string of the molecule is O=C(Nc1cc(C(F)(F)F)ccc1OCC(F)(F)C(F)F)c1cccc2ccccc12.